The SMILES string of the molecule is O=C(C#Cc1ccccc1)Nc1ccc2c(c1)CCCN2. The smallest absolute Gasteiger partial charge is 0.300 e. The molecule has 0 bridgehead atoms. The number of benzene rings is 2. The molecule has 3 nitrogen and oxygen atoms in total. The summed E-state index contributed by atoms with van der Waals surface area (Å²) in [5, 5.41) is 6.17. The second-order valence-corrected chi connectivity index (χ2v) is 4.97. The highest BCUT2D eigenvalue weighted by Gasteiger charge is 2.09. The van der Waals surface area contributed by atoms with Gasteiger partial charge in [-0.3, -0.25) is 4.79 Å². The summed E-state index contributed by atoms with van der Waals surface area (Å²) < 4.78 is 0. The molecule has 0 saturated heterocycles. The third-order valence-electron chi connectivity index (χ3n) is 3.40. The first-order valence-corrected chi connectivity index (χ1v) is 7.06. The predicted molar refractivity (Wildman–Crippen MR) is 85.2 cm³/mol. The Balaban J connectivity index is 1.69. The molecule has 1 aliphatic rings. The van der Waals surface area contributed by atoms with E-state index in [1.54, 1.807) is 0 Å². The lowest BCUT2D eigenvalue weighted by atomic mass is 10.0. The number of carbonyl (C=O) groups excluding carboxylic acids is 1. The van der Waals surface area contributed by atoms with Gasteiger partial charge >= 0.3 is 5.91 Å². The monoisotopic (exact) mass is 276 g/mol. The lowest BCUT2D eigenvalue weighted by Crippen LogP contribution is -2.13. The van der Waals surface area contributed by atoms with Crippen LogP contribution in [0.1, 0.15) is 17.5 Å². The fourth-order valence-electron chi connectivity index (χ4n) is 2.37. The largest absolute Gasteiger partial charge is 0.385 e. The van der Waals surface area contributed by atoms with Gasteiger partial charge in [-0.05, 0) is 48.7 Å². The van der Waals surface area contributed by atoms with Crippen molar-refractivity contribution in [3.05, 3.63) is 59.7 Å². The van der Waals surface area contributed by atoms with Gasteiger partial charge in [0.25, 0.3) is 0 Å². The minimum atomic E-state index is -0.289. The zero-order chi connectivity index (χ0) is 14.5. The molecule has 0 fully saturated rings. The molecule has 2 aromatic rings. The van der Waals surface area contributed by atoms with E-state index >= 15 is 0 Å². The molecule has 104 valence electrons. The van der Waals surface area contributed by atoms with Gasteiger partial charge in [0.1, 0.15) is 0 Å². The minimum Gasteiger partial charge on any atom is -0.385 e. The summed E-state index contributed by atoms with van der Waals surface area (Å²) in [6.07, 6.45) is 2.17. The van der Waals surface area contributed by atoms with E-state index in [0.29, 0.717) is 0 Å². The van der Waals surface area contributed by atoms with Gasteiger partial charge in [-0.2, -0.15) is 0 Å². The summed E-state index contributed by atoms with van der Waals surface area (Å²) in [6.45, 7) is 1.02. The molecule has 1 amide bonds. The van der Waals surface area contributed by atoms with E-state index in [2.05, 4.69) is 22.5 Å². The van der Waals surface area contributed by atoms with Crippen LogP contribution in [0, 0.1) is 11.8 Å². The van der Waals surface area contributed by atoms with Crippen molar-refractivity contribution in [3.63, 3.8) is 0 Å². The van der Waals surface area contributed by atoms with Crippen LogP contribution >= 0.6 is 0 Å². The van der Waals surface area contributed by atoms with E-state index in [-0.39, 0.29) is 5.91 Å². The van der Waals surface area contributed by atoms with Crippen molar-refractivity contribution in [2.24, 2.45) is 0 Å². The summed E-state index contributed by atoms with van der Waals surface area (Å²) in [5.41, 5.74) is 4.04. The number of aryl methyl sites for hydroxylation is 1. The summed E-state index contributed by atoms with van der Waals surface area (Å²) in [7, 11) is 0. The van der Waals surface area contributed by atoms with Crippen molar-refractivity contribution in [2.75, 3.05) is 17.2 Å². The number of hydrogen-bond acceptors (Lipinski definition) is 2. The van der Waals surface area contributed by atoms with Crippen molar-refractivity contribution in [3.8, 4) is 11.8 Å². The highest BCUT2D eigenvalue weighted by atomic mass is 16.1. The van der Waals surface area contributed by atoms with Crippen LogP contribution in [-0.4, -0.2) is 12.5 Å². The lowest BCUT2D eigenvalue weighted by Gasteiger charge is -2.18. The quantitative estimate of drug-likeness (QED) is 0.786. The van der Waals surface area contributed by atoms with E-state index in [1.807, 2.05) is 48.5 Å². The summed E-state index contributed by atoms with van der Waals surface area (Å²) in [4.78, 5) is 11.9. The molecule has 0 radical (unpaired) electrons. The molecule has 3 rings (SSSR count). The first-order chi connectivity index (χ1) is 10.3. The first kappa shape index (κ1) is 13.3. The average Bonchev–Trinajstić information content (AvgIpc) is 2.54. The van der Waals surface area contributed by atoms with Gasteiger partial charge in [-0.15, -0.1) is 0 Å². The zero-order valence-electron chi connectivity index (χ0n) is 11.6. The Bertz CT molecular complexity index is 711. The minimum absolute atomic E-state index is 0.289. The van der Waals surface area contributed by atoms with Gasteiger partial charge < -0.3 is 10.6 Å². The van der Waals surface area contributed by atoms with Crippen LogP contribution in [0.4, 0.5) is 11.4 Å². The van der Waals surface area contributed by atoms with Crippen LogP contribution in [0.25, 0.3) is 0 Å². The summed E-state index contributed by atoms with van der Waals surface area (Å²) >= 11 is 0. The molecule has 21 heavy (non-hydrogen) atoms. The molecule has 0 aromatic heterocycles. The molecule has 1 aliphatic heterocycles. The number of nitrogens with one attached hydrogen (secondary N) is 2. The van der Waals surface area contributed by atoms with Crippen LogP contribution in [0.2, 0.25) is 0 Å². The predicted octanol–water partition coefficient (Wildman–Crippen LogP) is 3.03. The number of fused-ring (bicyclic) bond motifs is 1. The third kappa shape index (κ3) is 3.43. The molecular weight excluding hydrogens is 260 g/mol. The van der Waals surface area contributed by atoms with E-state index < -0.39 is 0 Å². The van der Waals surface area contributed by atoms with Crippen molar-refractivity contribution in [1.82, 2.24) is 0 Å². The Morgan fingerprint density at radius 3 is 2.86 bits per heavy atom. The molecular formula is C18H16N2O. The van der Waals surface area contributed by atoms with E-state index in [4.69, 9.17) is 0 Å². The topological polar surface area (TPSA) is 41.1 Å². The van der Waals surface area contributed by atoms with E-state index in [1.165, 1.54) is 5.56 Å². The van der Waals surface area contributed by atoms with Crippen molar-refractivity contribution >= 4 is 17.3 Å². The fourth-order valence-corrected chi connectivity index (χ4v) is 2.37. The van der Waals surface area contributed by atoms with Gasteiger partial charge in [0, 0.05) is 29.4 Å². The maximum Gasteiger partial charge on any atom is 0.300 e. The number of hydrogen-bond donors (Lipinski definition) is 2. The maximum absolute atomic E-state index is 11.9. The summed E-state index contributed by atoms with van der Waals surface area (Å²) in [5.74, 6) is 5.18. The Morgan fingerprint density at radius 1 is 1.14 bits per heavy atom. The van der Waals surface area contributed by atoms with Gasteiger partial charge in [0.2, 0.25) is 0 Å². The van der Waals surface area contributed by atoms with Crippen molar-refractivity contribution in [1.29, 1.82) is 0 Å². The van der Waals surface area contributed by atoms with Crippen molar-refractivity contribution < 1.29 is 4.79 Å². The first-order valence-electron chi connectivity index (χ1n) is 7.06. The molecule has 0 aliphatic carbocycles. The van der Waals surface area contributed by atoms with Crippen LogP contribution < -0.4 is 10.6 Å². The van der Waals surface area contributed by atoms with Crippen LogP contribution in [0.3, 0.4) is 0 Å². The molecule has 2 aromatic carbocycles. The fraction of sp³-hybridized carbons (Fsp3) is 0.167. The van der Waals surface area contributed by atoms with Gasteiger partial charge in [-0.25, -0.2) is 0 Å². The average molecular weight is 276 g/mol. The van der Waals surface area contributed by atoms with Crippen LogP contribution in [0.5, 0.6) is 0 Å². The molecule has 0 unspecified atom stereocenters. The Hall–Kier alpha value is -2.73. The number of amides is 1. The van der Waals surface area contributed by atoms with E-state index in [0.717, 1.165) is 36.3 Å². The Labute approximate surface area is 124 Å². The van der Waals surface area contributed by atoms with Gasteiger partial charge in [-0.1, -0.05) is 24.1 Å². The molecule has 2 N–H and O–H groups in total. The number of carbonyl (C=O) groups is 1. The Kier molecular flexibility index (Phi) is 3.88. The lowest BCUT2D eigenvalue weighted by molar-refractivity contribution is -0.111. The molecule has 1 heterocycles. The maximum atomic E-state index is 11.9. The normalized spacial score (nSPS) is 12.4. The van der Waals surface area contributed by atoms with Crippen LogP contribution in [0.15, 0.2) is 48.5 Å². The van der Waals surface area contributed by atoms with E-state index in [9.17, 15) is 4.79 Å². The molecule has 3 heteroatoms. The number of rotatable bonds is 1. The highest BCUT2D eigenvalue weighted by Crippen LogP contribution is 2.24. The Morgan fingerprint density at radius 2 is 2.00 bits per heavy atom. The zero-order valence-corrected chi connectivity index (χ0v) is 11.6. The molecule has 0 saturated carbocycles. The molecule has 0 atom stereocenters. The standard InChI is InChI=1S/C18H16N2O/c21-18(11-8-14-5-2-1-3-6-14)20-16-9-10-17-15(13-16)7-4-12-19-17/h1-3,5-6,9-10,13,19H,4,7,12H2,(H,20,21). The van der Waals surface area contributed by atoms with Crippen molar-refractivity contribution in [2.45, 2.75) is 12.8 Å². The molecule has 0 spiro atoms. The van der Waals surface area contributed by atoms with Crippen LogP contribution in [-0.2, 0) is 11.2 Å². The third-order valence-corrected chi connectivity index (χ3v) is 3.40. The second kappa shape index (κ2) is 6.15. The van der Waals surface area contributed by atoms with Gasteiger partial charge in [0.15, 0.2) is 0 Å². The highest BCUT2D eigenvalue weighted by molar-refractivity contribution is 6.04. The van der Waals surface area contributed by atoms with Gasteiger partial charge in [0.05, 0.1) is 0 Å². The summed E-state index contributed by atoms with van der Waals surface area (Å²) in [6, 6.07) is 15.4. The second-order valence-electron chi connectivity index (χ2n) is 4.97. The number of anilines is 2.